The molecule has 0 radical (unpaired) electrons. The van der Waals surface area contributed by atoms with Gasteiger partial charge in [0.15, 0.2) is 6.29 Å². The van der Waals surface area contributed by atoms with E-state index >= 15 is 0 Å². The van der Waals surface area contributed by atoms with Crippen LogP contribution in [0.3, 0.4) is 0 Å². The highest BCUT2D eigenvalue weighted by molar-refractivity contribution is 5.88. The maximum atomic E-state index is 13.3. The van der Waals surface area contributed by atoms with Crippen molar-refractivity contribution in [1.29, 1.82) is 0 Å². The van der Waals surface area contributed by atoms with Crippen molar-refractivity contribution in [3.8, 4) is 0 Å². The Morgan fingerprint density at radius 1 is 0.806 bits per heavy atom. The van der Waals surface area contributed by atoms with Gasteiger partial charge in [-0.1, -0.05) is 40.0 Å². The average Bonchev–Trinajstić information content (AvgIpc) is 3.01. The fourth-order valence-electron chi connectivity index (χ4n) is 4.49. The number of amides is 1. The summed E-state index contributed by atoms with van der Waals surface area (Å²) in [5.74, 6) is -0.295. The summed E-state index contributed by atoms with van der Waals surface area (Å²) in [4.78, 5) is 15.2. The van der Waals surface area contributed by atoms with E-state index in [1.807, 2.05) is 18.7 Å². The van der Waals surface area contributed by atoms with Crippen LogP contribution in [0.1, 0.15) is 73.1 Å². The molecule has 0 saturated carbocycles. The molecule has 0 aromatic carbocycles. The molecule has 0 bridgehead atoms. The number of rotatable bonds is 18. The summed E-state index contributed by atoms with van der Waals surface area (Å²) < 4.78 is 30.3. The normalized spacial score (nSPS) is 27.7. The van der Waals surface area contributed by atoms with Crippen molar-refractivity contribution < 1.29 is 28.5 Å². The second-order valence-electron chi connectivity index (χ2n) is 8.41. The van der Waals surface area contributed by atoms with E-state index in [0.717, 1.165) is 38.5 Å². The SMILES string of the molecule is CCCCOC[C@H]1[C@H](OCCCC)[C@@H](OCCCC)[C@@H]2[C@H](C(OCC)OCC)C(=O)N21. The molecule has 182 valence electrons. The van der Waals surface area contributed by atoms with E-state index in [0.29, 0.717) is 39.6 Å². The summed E-state index contributed by atoms with van der Waals surface area (Å²) in [5.41, 5.74) is 0. The van der Waals surface area contributed by atoms with Crippen LogP contribution in [0.4, 0.5) is 0 Å². The van der Waals surface area contributed by atoms with Gasteiger partial charge in [-0.25, -0.2) is 0 Å². The maximum Gasteiger partial charge on any atom is 0.233 e. The minimum absolute atomic E-state index is 0.0617. The number of β-lactam (4-membered cyclic amide) rings is 1. The van der Waals surface area contributed by atoms with Crippen LogP contribution in [0.25, 0.3) is 0 Å². The van der Waals surface area contributed by atoms with E-state index in [1.165, 1.54) is 0 Å². The Kier molecular flexibility index (Phi) is 12.3. The highest BCUT2D eigenvalue weighted by Crippen LogP contribution is 2.45. The average molecular weight is 444 g/mol. The van der Waals surface area contributed by atoms with Gasteiger partial charge in [-0.15, -0.1) is 0 Å². The molecule has 2 aliphatic rings. The number of hydrogen-bond acceptors (Lipinski definition) is 6. The molecule has 1 amide bonds. The van der Waals surface area contributed by atoms with Gasteiger partial charge in [-0.05, 0) is 33.1 Å². The Morgan fingerprint density at radius 2 is 1.35 bits per heavy atom. The fraction of sp³-hybridized carbons (Fsp3) is 0.958. The van der Waals surface area contributed by atoms with E-state index in [1.54, 1.807) is 0 Å². The predicted molar refractivity (Wildman–Crippen MR) is 120 cm³/mol. The van der Waals surface area contributed by atoms with E-state index < -0.39 is 6.29 Å². The van der Waals surface area contributed by atoms with Crippen molar-refractivity contribution in [2.45, 2.75) is 104 Å². The maximum absolute atomic E-state index is 13.3. The van der Waals surface area contributed by atoms with Gasteiger partial charge in [0.05, 0.1) is 18.7 Å². The van der Waals surface area contributed by atoms with Crippen molar-refractivity contribution >= 4 is 5.91 Å². The molecular formula is C24H45NO6. The van der Waals surface area contributed by atoms with Crippen molar-refractivity contribution in [3.63, 3.8) is 0 Å². The number of carbonyl (C=O) groups excluding carboxylic acids is 1. The first-order valence-corrected chi connectivity index (χ1v) is 12.5. The highest BCUT2D eigenvalue weighted by Gasteiger charge is 2.66. The zero-order valence-corrected chi connectivity index (χ0v) is 20.3. The van der Waals surface area contributed by atoms with Crippen LogP contribution in [-0.2, 0) is 28.5 Å². The molecule has 0 aromatic heterocycles. The molecule has 0 N–H and O–H groups in total. The van der Waals surface area contributed by atoms with Crippen LogP contribution in [0.2, 0.25) is 0 Å². The van der Waals surface area contributed by atoms with E-state index in [9.17, 15) is 4.79 Å². The smallest absolute Gasteiger partial charge is 0.233 e. The molecule has 0 aliphatic carbocycles. The number of hydrogen-bond donors (Lipinski definition) is 0. The van der Waals surface area contributed by atoms with Crippen molar-refractivity contribution in [2.24, 2.45) is 5.92 Å². The molecule has 0 unspecified atom stereocenters. The summed E-state index contributed by atoms with van der Waals surface area (Å²) in [5, 5.41) is 0. The summed E-state index contributed by atoms with van der Waals surface area (Å²) in [7, 11) is 0. The summed E-state index contributed by atoms with van der Waals surface area (Å²) in [6.45, 7) is 13.8. The van der Waals surface area contributed by atoms with Gasteiger partial charge in [0.25, 0.3) is 0 Å². The van der Waals surface area contributed by atoms with Crippen molar-refractivity contribution in [2.75, 3.05) is 39.6 Å². The van der Waals surface area contributed by atoms with Crippen LogP contribution < -0.4 is 0 Å². The molecule has 5 atom stereocenters. The van der Waals surface area contributed by atoms with Gasteiger partial charge in [0.2, 0.25) is 5.91 Å². The lowest BCUT2D eigenvalue weighted by molar-refractivity contribution is -0.220. The minimum Gasteiger partial charge on any atom is -0.379 e. The summed E-state index contributed by atoms with van der Waals surface area (Å²) in [6.07, 6.45) is 5.29. The largest absolute Gasteiger partial charge is 0.379 e. The summed E-state index contributed by atoms with van der Waals surface area (Å²) in [6, 6.07) is -0.225. The molecule has 2 heterocycles. The van der Waals surface area contributed by atoms with E-state index in [4.69, 9.17) is 23.7 Å². The van der Waals surface area contributed by atoms with E-state index in [-0.39, 0.29) is 36.1 Å². The second kappa shape index (κ2) is 14.4. The third-order valence-corrected chi connectivity index (χ3v) is 6.13. The van der Waals surface area contributed by atoms with Gasteiger partial charge in [-0.3, -0.25) is 4.79 Å². The van der Waals surface area contributed by atoms with Crippen LogP contribution in [-0.4, -0.2) is 81.0 Å². The first kappa shape index (κ1) is 26.5. The zero-order chi connectivity index (χ0) is 22.6. The van der Waals surface area contributed by atoms with Gasteiger partial charge in [-0.2, -0.15) is 0 Å². The van der Waals surface area contributed by atoms with Gasteiger partial charge in [0.1, 0.15) is 18.1 Å². The second-order valence-corrected chi connectivity index (χ2v) is 8.41. The number of nitrogens with zero attached hydrogens (tertiary/aromatic N) is 1. The molecule has 2 rings (SSSR count). The first-order valence-electron chi connectivity index (χ1n) is 12.5. The topological polar surface area (TPSA) is 66.5 Å². The van der Waals surface area contributed by atoms with Crippen LogP contribution >= 0.6 is 0 Å². The Morgan fingerprint density at radius 3 is 1.90 bits per heavy atom. The number of ether oxygens (including phenoxy) is 5. The molecule has 2 aliphatic heterocycles. The molecule has 0 aromatic rings. The molecule has 31 heavy (non-hydrogen) atoms. The van der Waals surface area contributed by atoms with Gasteiger partial charge in [0, 0.05) is 33.0 Å². The van der Waals surface area contributed by atoms with Crippen molar-refractivity contribution in [3.05, 3.63) is 0 Å². The molecule has 2 fully saturated rings. The first-order chi connectivity index (χ1) is 15.2. The van der Waals surface area contributed by atoms with Gasteiger partial charge >= 0.3 is 0 Å². The Bertz CT molecular complexity index is 498. The van der Waals surface area contributed by atoms with Crippen LogP contribution in [0, 0.1) is 5.92 Å². The standard InChI is InChI=1S/C24H45NO6/c1-6-11-14-27-17-18-21(30-15-12-7-2)22(31-16-13-8-3)20-19(23(26)25(18)20)24(28-9-4)29-10-5/h18-22,24H,6-17H2,1-5H3/t18-,19-,20-,21-,22-/m0/s1. The molecule has 7 nitrogen and oxygen atoms in total. The Hall–Kier alpha value is -0.730. The predicted octanol–water partition coefficient (Wildman–Crippen LogP) is 3.78. The number of fused-ring (bicyclic) bond motifs is 1. The monoisotopic (exact) mass is 443 g/mol. The van der Waals surface area contributed by atoms with Crippen molar-refractivity contribution in [1.82, 2.24) is 4.90 Å². The van der Waals surface area contributed by atoms with Gasteiger partial charge < -0.3 is 28.6 Å². The molecule has 2 saturated heterocycles. The van der Waals surface area contributed by atoms with Crippen LogP contribution in [0.15, 0.2) is 0 Å². The number of unbranched alkanes of at least 4 members (excludes halogenated alkanes) is 3. The number of carbonyl (C=O) groups is 1. The van der Waals surface area contributed by atoms with E-state index in [2.05, 4.69) is 20.8 Å². The minimum atomic E-state index is -0.544. The third-order valence-electron chi connectivity index (χ3n) is 6.13. The quantitative estimate of drug-likeness (QED) is 0.182. The molecule has 0 spiro atoms. The highest BCUT2D eigenvalue weighted by atomic mass is 16.7. The third kappa shape index (κ3) is 6.64. The van der Waals surface area contributed by atoms with Crippen LogP contribution in [0.5, 0.6) is 0 Å². The zero-order valence-electron chi connectivity index (χ0n) is 20.3. The Balaban J connectivity index is 2.22. The molecular weight excluding hydrogens is 398 g/mol. The summed E-state index contributed by atoms with van der Waals surface area (Å²) >= 11 is 0. The lowest BCUT2D eigenvalue weighted by Gasteiger charge is -2.48. The lowest BCUT2D eigenvalue weighted by Crippen LogP contribution is -2.67. The Labute approximate surface area is 189 Å². The molecule has 7 heteroatoms. The lowest BCUT2D eigenvalue weighted by atomic mass is 9.85. The fourth-order valence-corrected chi connectivity index (χ4v) is 4.49.